The van der Waals surface area contributed by atoms with Crippen LogP contribution in [0, 0.1) is 26.2 Å². The molecule has 1 heteroatoms. The molecule has 0 spiro atoms. The van der Waals surface area contributed by atoms with Gasteiger partial charge in [0.25, 0.3) is 0 Å². The van der Waals surface area contributed by atoms with E-state index in [1.54, 1.807) is 0 Å². The van der Waals surface area contributed by atoms with Gasteiger partial charge in [-0.3, -0.25) is 4.79 Å². The normalized spacial score (nSPS) is 13.2. The minimum absolute atomic E-state index is 0.0430. The van der Waals surface area contributed by atoms with Crippen LogP contribution in [0.3, 0.4) is 0 Å². The fourth-order valence-corrected chi connectivity index (χ4v) is 5.85. The topological polar surface area (TPSA) is 17.1 Å². The molecule has 1 nitrogen and oxygen atoms in total. The van der Waals surface area contributed by atoms with Gasteiger partial charge >= 0.3 is 0 Å². The monoisotopic (exact) mass is 662 g/mol. The van der Waals surface area contributed by atoms with E-state index in [4.69, 9.17) is 0 Å². The number of hydrogen-bond donors (Lipinski definition) is 0. The number of allylic oxidation sites excluding steroid dienone is 10. The maximum Gasteiger partial charge on any atom is 0.195 e. The maximum atomic E-state index is 14.2. The fraction of sp³-hybridized carbons (Fsp3) is 0.245. The van der Waals surface area contributed by atoms with E-state index in [0.29, 0.717) is 0 Å². The average molecular weight is 663 g/mol. The lowest BCUT2D eigenvalue weighted by molar-refractivity contribution is -0.108. The number of rotatable bonds is 6. The second kappa shape index (κ2) is 21.2. The lowest BCUT2D eigenvalue weighted by atomic mass is 9.74. The van der Waals surface area contributed by atoms with E-state index < -0.39 is 5.41 Å². The SMILES string of the molecule is C=CC(C)(C=C)C1=C(c2ccccc2)C(=O)C(c2ccccc2)=C1c1cc(C)cc(C)c1.CC.CC.CC1=CC=CCC1.Cc1ccccc1. The summed E-state index contributed by atoms with van der Waals surface area (Å²) in [6.07, 6.45) is 12.8. The summed E-state index contributed by atoms with van der Waals surface area (Å²) in [6.45, 7) is 26.8. The van der Waals surface area contributed by atoms with Crippen molar-refractivity contribution in [3.8, 4) is 0 Å². The summed E-state index contributed by atoms with van der Waals surface area (Å²) in [7, 11) is 0. The highest BCUT2D eigenvalue weighted by molar-refractivity contribution is 6.52. The van der Waals surface area contributed by atoms with Crippen molar-refractivity contribution in [2.45, 2.75) is 75.2 Å². The molecule has 0 unspecified atom stereocenters. The molecule has 0 atom stereocenters. The van der Waals surface area contributed by atoms with E-state index in [2.05, 4.69) is 96.3 Å². The van der Waals surface area contributed by atoms with Gasteiger partial charge in [-0.2, -0.15) is 0 Å². The third kappa shape index (κ3) is 11.0. The Morgan fingerprint density at radius 3 is 1.40 bits per heavy atom. The third-order valence-corrected chi connectivity index (χ3v) is 8.39. The van der Waals surface area contributed by atoms with E-state index in [-0.39, 0.29) is 5.78 Å². The van der Waals surface area contributed by atoms with Gasteiger partial charge in [0.2, 0.25) is 0 Å². The lowest BCUT2D eigenvalue weighted by Crippen LogP contribution is -2.15. The molecule has 0 fully saturated rings. The van der Waals surface area contributed by atoms with Crippen molar-refractivity contribution >= 4 is 22.5 Å². The first-order valence-corrected chi connectivity index (χ1v) is 18.0. The molecule has 0 saturated carbocycles. The van der Waals surface area contributed by atoms with Gasteiger partial charge in [-0.25, -0.2) is 0 Å². The molecule has 0 aliphatic heterocycles. The Morgan fingerprint density at radius 1 is 0.580 bits per heavy atom. The van der Waals surface area contributed by atoms with Gasteiger partial charge in [0.1, 0.15) is 0 Å². The molecule has 6 rings (SSSR count). The molecule has 0 amide bonds. The standard InChI is InChI=1S/C31H28O.C7H10.C7H8.2C2H6/c1-6-31(5,7-2)29-26(25-19-21(3)18-22(4)20-25)27(23-14-10-8-11-15-23)30(32)28(29)24-16-12-9-13-17-24;2*1-7-5-3-2-4-6-7;2*1-2/h6-20H,1-2H2,3-5H3;2-3,5H,4,6H2,1H3;2-6H,1H3;2*1-2H3. The van der Waals surface area contributed by atoms with Crippen LogP contribution in [0.2, 0.25) is 0 Å². The predicted octanol–water partition coefficient (Wildman–Crippen LogP) is 14.0. The molecular formula is C49H58O. The Kier molecular flexibility index (Phi) is 17.4. The molecule has 2 aliphatic rings. The van der Waals surface area contributed by atoms with Gasteiger partial charge in [-0.15, -0.1) is 13.2 Å². The van der Waals surface area contributed by atoms with E-state index in [1.807, 2.05) is 119 Å². The Balaban J connectivity index is 0.000000393. The van der Waals surface area contributed by atoms with Crippen molar-refractivity contribution in [1.82, 2.24) is 0 Å². The maximum absolute atomic E-state index is 14.2. The summed E-state index contributed by atoms with van der Waals surface area (Å²) in [6, 6.07) is 36.7. The molecule has 0 N–H and O–H groups in total. The summed E-state index contributed by atoms with van der Waals surface area (Å²) in [5, 5.41) is 0. The molecule has 0 saturated heterocycles. The largest absolute Gasteiger partial charge is 0.289 e. The van der Waals surface area contributed by atoms with Gasteiger partial charge in [0.05, 0.1) is 0 Å². The fourth-order valence-electron chi connectivity index (χ4n) is 5.85. The van der Waals surface area contributed by atoms with E-state index in [1.165, 1.54) is 35.1 Å². The van der Waals surface area contributed by atoms with Crippen LogP contribution < -0.4 is 0 Å². The summed E-state index contributed by atoms with van der Waals surface area (Å²) < 4.78 is 0. The molecule has 2 aliphatic carbocycles. The van der Waals surface area contributed by atoms with Crippen LogP contribution in [0.25, 0.3) is 16.7 Å². The zero-order valence-corrected chi connectivity index (χ0v) is 32.0. The van der Waals surface area contributed by atoms with Crippen LogP contribution in [0.1, 0.15) is 87.8 Å². The first kappa shape index (κ1) is 41.2. The number of aryl methyl sites for hydroxylation is 3. The minimum atomic E-state index is -0.579. The van der Waals surface area contributed by atoms with Gasteiger partial charge in [0.15, 0.2) is 5.78 Å². The van der Waals surface area contributed by atoms with Gasteiger partial charge < -0.3 is 0 Å². The predicted molar refractivity (Wildman–Crippen MR) is 222 cm³/mol. The highest BCUT2D eigenvalue weighted by Crippen LogP contribution is 2.52. The first-order chi connectivity index (χ1) is 24.2. The summed E-state index contributed by atoms with van der Waals surface area (Å²) in [4.78, 5) is 14.2. The molecule has 50 heavy (non-hydrogen) atoms. The van der Waals surface area contributed by atoms with Crippen LogP contribution in [0.4, 0.5) is 0 Å². The van der Waals surface area contributed by atoms with Crippen molar-refractivity contribution < 1.29 is 4.79 Å². The van der Waals surface area contributed by atoms with Crippen molar-refractivity contribution in [2.75, 3.05) is 0 Å². The Bertz CT molecular complexity index is 1770. The molecule has 260 valence electrons. The zero-order valence-electron chi connectivity index (χ0n) is 32.0. The van der Waals surface area contributed by atoms with Crippen LogP contribution in [0.15, 0.2) is 164 Å². The molecule has 0 radical (unpaired) electrons. The second-order valence-corrected chi connectivity index (χ2v) is 12.3. The number of Topliss-reactive ketones (excluding diaryl/α,β-unsaturated/α-hetero) is 1. The van der Waals surface area contributed by atoms with Gasteiger partial charge in [-0.05, 0) is 75.3 Å². The van der Waals surface area contributed by atoms with Gasteiger partial charge in [-0.1, -0.05) is 190 Å². The van der Waals surface area contributed by atoms with Crippen LogP contribution in [-0.2, 0) is 4.79 Å². The lowest BCUT2D eigenvalue weighted by Gasteiger charge is -2.28. The van der Waals surface area contributed by atoms with Crippen LogP contribution in [0.5, 0.6) is 0 Å². The number of hydrogen-bond acceptors (Lipinski definition) is 1. The number of carbonyl (C=O) groups is 1. The van der Waals surface area contributed by atoms with Crippen molar-refractivity contribution in [3.63, 3.8) is 0 Å². The van der Waals surface area contributed by atoms with E-state index in [9.17, 15) is 4.79 Å². The quantitative estimate of drug-likeness (QED) is 0.188. The Hall–Kier alpha value is -5.01. The highest BCUT2D eigenvalue weighted by Gasteiger charge is 2.40. The van der Waals surface area contributed by atoms with Crippen molar-refractivity contribution in [1.29, 1.82) is 0 Å². The van der Waals surface area contributed by atoms with Crippen molar-refractivity contribution in [3.05, 3.63) is 197 Å². The van der Waals surface area contributed by atoms with Crippen molar-refractivity contribution in [2.24, 2.45) is 5.41 Å². The van der Waals surface area contributed by atoms with E-state index >= 15 is 0 Å². The smallest absolute Gasteiger partial charge is 0.195 e. The average Bonchev–Trinajstić information content (AvgIpc) is 3.47. The summed E-state index contributed by atoms with van der Waals surface area (Å²) >= 11 is 0. The molecule has 4 aromatic carbocycles. The van der Waals surface area contributed by atoms with Gasteiger partial charge in [0, 0.05) is 16.6 Å². The number of benzene rings is 4. The Morgan fingerprint density at radius 2 is 1.04 bits per heavy atom. The summed E-state index contributed by atoms with van der Waals surface area (Å²) in [5.41, 5.74) is 10.8. The summed E-state index contributed by atoms with van der Waals surface area (Å²) in [5.74, 6) is 0.0430. The molecular weight excluding hydrogens is 605 g/mol. The highest BCUT2D eigenvalue weighted by atomic mass is 16.1. The van der Waals surface area contributed by atoms with Crippen LogP contribution >= 0.6 is 0 Å². The van der Waals surface area contributed by atoms with Crippen LogP contribution in [-0.4, -0.2) is 5.78 Å². The zero-order chi connectivity index (χ0) is 37.1. The second-order valence-electron chi connectivity index (χ2n) is 12.3. The molecule has 0 aromatic heterocycles. The minimum Gasteiger partial charge on any atom is -0.289 e. The first-order valence-electron chi connectivity index (χ1n) is 18.0. The molecule has 0 bridgehead atoms. The third-order valence-electron chi connectivity index (χ3n) is 8.39. The molecule has 4 aromatic rings. The number of carbonyl (C=O) groups excluding carboxylic acids is 1. The van der Waals surface area contributed by atoms with E-state index in [0.717, 1.165) is 39.0 Å². The number of ketones is 1. The Labute approximate surface area is 304 Å². The molecule has 0 heterocycles.